The van der Waals surface area contributed by atoms with E-state index in [-0.39, 0.29) is 5.91 Å². The summed E-state index contributed by atoms with van der Waals surface area (Å²) in [7, 11) is 0. The summed E-state index contributed by atoms with van der Waals surface area (Å²) in [5.41, 5.74) is 0.494. The summed E-state index contributed by atoms with van der Waals surface area (Å²) in [6, 6.07) is 9.16. The first-order valence-corrected chi connectivity index (χ1v) is 10.1. The minimum Gasteiger partial charge on any atom is -0.317 e. The Bertz CT molecular complexity index is 882. The fourth-order valence-corrected chi connectivity index (χ4v) is 3.97. The SMILES string of the molecule is N#Cc1ccsc1NC(=O)CCN1CCN(Cc2cccc(C(F)(F)F)c2)CC1. The van der Waals surface area contributed by atoms with Gasteiger partial charge in [-0.25, -0.2) is 0 Å². The minimum atomic E-state index is -4.33. The van der Waals surface area contributed by atoms with E-state index in [9.17, 15) is 18.0 Å². The molecule has 1 aliphatic rings. The number of nitrogens with zero attached hydrogens (tertiary/aromatic N) is 3. The summed E-state index contributed by atoms with van der Waals surface area (Å²) in [6.45, 7) is 4.08. The third kappa shape index (κ3) is 6.03. The molecule has 0 aliphatic carbocycles. The Morgan fingerprint density at radius 2 is 1.90 bits per heavy atom. The lowest BCUT2D eigenvalue weighted by Crippen LogP contribution is -2.46. The highest BCUT2D eigenvalue weighted by Crippen LogP contribution is 2.29. The van der Waals surface area contributed by atoms with Crippen molar-refractivity contribution in [1.82, 2.24) is 9.80 Å². The quantitative estimate of drug-likeness (QED) is 0.770. The molecule has 1 saturated heterocycles. The van der Waals surface area contributed by atoms with Crippen molar-refractivity contribution in [3.05, 3.63) is 52.4 Å². The first kappa shape index (κ1) is 21.3. The molecular formula is C20H21F3N4OS. The molecule has 0 saturated carbocycles. The van der Waals surface area contributed by atoms with Crippen LogP contribution in [0, 0.1) is 11.3 Å². The van der Waals surface area contributed by atoms with E-state index in [4.69, 9.17) is 5.26 Å². The van der Waals surface area contributed by atoms with E-state index in [0.29, 0.717) is 35.6 Å². The number of hydrogen-bond acceptors (Lipinski definition) is 5. The van der Waals surface area contributed by atoms with Crippen molar-refractivity contribution in [3.8, 4) is 6.07 Å². The fraction of sp³-hybridized carbons (Fsp3) is 0.400. The number of thiophene rings is 1. The molecule has 0 atom stereocenters. The van der Waals surface area contributed by atoms with Gasteiger partial charge in [-0.3, -0.25) is 9.69 Å². The highest BCUT2D eigenvalue weighted by atomic mass is 32.1. The minimum absolute atomic E-state index is 0.129. The zero-order chi connectivity index (χ0) is 20.9. The number of hydrogen-bond donors (Lipinski definition) is 1. The van der Waals surface area contributed by atoms with Crippen LogP contribution in [0.1, 0.15) is 23.1 Å². The number of nitrogens with one attached hydrogen (secondary N) is 1. The third-order valence-electron chi connectivity index (χ3n) is 4.82. The van der Waals surface area contributed by atoms with E-state index in [1.807, 2.05) is 6.07 Å². The smallest absolute Gasteiger partial charge is 0.317 e. The molecule has 29 heavy (non-hydrogen) atoms. The number of rotatable bonds is 6. The second-order valence-electron chi connectivity index (χ2n) is 6.89. The van der Waals surface area contributed by atoms with Crippen molar-refractivity contribution in [1.29, 1.82) is 5.26 Å². The maximum absolute atomic E-state index is 12.8. The van der Waals surface area contributed by atoms with Crippen LogP contribution in [0.25, 0.3) is 0 Å². The van der Waals surface area contributed by atoms with Crippen LogP contribution in [-0.4, -0.2) is 48.4 Å². The molecule has 1 amide bonds. The van der Waals surface area contributed by atoms with E-state index in [0.717, 1.165) is 32.2 Å². The third-order valence-corrected chi connectivity index (χ3v) is 5.65. The largest absolute Gasteiger partial charge is 0.416 e. The van der Waals surface area contributed by atoms with E-state index in [1.54, 1.807) is 17.5 Å². The average Bonchev–Trinajstić information content (AvgIpc) is 3.14. The van der Waals surface area contributed by atoms with Gasteiger partial charge in [0.25, 0.3) is 0 Å². The summed E-state index contributed by atoms with van der Waals surface area (Å²) < 4.78 is 38.5. The Hall–Kier alpha value is -2.41. The normalized spacial score (nSPS) is 15.8. The maximum Gasteiger partial charge on any atom is 0.416 e. The van der Waals surface area contributed by atoms with E-state index in [2.05, 4.69) is 15.1 Å². The predicted molar refractivity (Wildman–Crippen MR) is 105 cm³/mol. The Balaban J connectivity index is 1.42. The van der Waals surface area contributed by atoms with Gasteiger partial charge < -0.3 is 10.2 Å². The Kier molecular flexibility index (Phi) is 6.90. The maximum atomic E-state index is 12.8. The molecular weight excluding hydrogens is 401 g/mol. The average molecular weight is 422 g/mol. The lowest BCUT2D eigenvalue weighted by Gasteiger charge is -2.34. The van der Waals surface area contributed by atoms with Crippen molar-refractivity contribution in [3.63, 3.8) is 0 Å². The molecule has 1 aromatic heterocycles. The van der Waals surface area contributed by atoms with Crippen LogP contribution in [0.15, 0.2) is 35.7 Å². The Labute approximate surface area is 171 Å². The monoisotopic (exact) mass is 422 g/mol. The number of halogens is 3. The number of carbonyl (C=O) groups excluding carboxylic acids is 1. The number of amides is 1. The molecule has 5 nitrogen and oxygen atoms in total. The van der Waals surface area contributed by atoms with Gasteiger partial charge in [0.05, 0.1) is 11.1 Å². The van der Waals surface area contributed by atoms with Crippen LogP contribution in [-0.2, 0) is 17.5 Å². The summed E-state index contributed by atoms with van der Waals surface area (Å²) in [6.07, 6.45) is -4.00. The van der Waals surface area contributed by atoms with Gasteiger partial charge in [0.2, 0.25) is 5.91 Å². The molecule has 1 N–H and O–H groups in total. The number of nitriles is 1. The molecule has 0 unspecified atom stereocenters. The van der Waals surface area contributed by atoms with Gasteiger partial charge in [-0.2, -0.15) is 18.4 Å². The van der Waals surface area contributed by atoms with Gasteiger partial charge in [0.15, 0.2) is 0 Å². The van der Waals surface area contributed by atoms with E-state index in [1.165, 1.54) is 23.5 Å². The fourth-order valence-electron chi connectivity index (χ4n) is 3.22. The van der Waals surface area contributed by atoms with Crippen LogP contribution in [0.3, 0.4) is 0 Å². The van der Waals surface area contributed by atoms with Crippen LogP contribution in [0.5, 0.6) is 0 Å². The molecule has 154 valence electrons. The molecule has 2 aromatic rings. The molecule has 3 rings (SSSR count). The van der Waals surface area contributed by atoms with Crippen molar-refractivity contribution in [2.75, 3.05) is 38.0 Å². The number of benzene rings is 1. The summed E-state index contributed by atoms with van der Waals surface area (Å²) in [4.78, 5) is 16.4. The summed E-state index contributed by atoms with van der Waals surface area (Å²) >= 11 is 1.32. The molecule has 2 heterocycles. The molecule has 0 radical (unpaired) electrons. The first-order valence-electron chi connectivity index (χ1n) is 9.23. The first-order chi connectivity index (χ1) is 13.8. The molecule has 1 fully saturated rings. The molecule has 1 aromatic carbocycles. The van der Waals surface area contributed by atoms with Crippen molar-refractivity contribution in [2.24, 2.45) is 0 Å². The Morgan fingerprint density at radius 3 is 2.59 bits per heavy atom. The van der Waals surface area contributed by atoms with Crippen molar-refractivity contribution in [2.45, 2.75) is 19.1 Å². The topological polar surface area (TPSA) is 59.4 Å². The lowest BCUT2D eigenvalue weighted by atomic mass is 10.1. The van der Waals surface area contributed by atoms with Gasteiger partial charge in [-0.15, -0.1) is 11.3 Å². The van der Waals surface area contributed by atoms with E-state index < -0.39 is 11.7 Å². The van der Waals surface area contributed by atoms with Crippen LogP contribution in [0.2, 0.25) is 0 Å². The van der Waals surface area contributed by atoms with Gasteiger partial charge in [-0.1, -0.05) is 18.2 Å². The van der Waals surface area contributed by atoms with Crippen LogP contribution >= 0.6 is 11.3 Å². The summed E-state index contributed by atoms with van der Waals surface area (Å²) in [5.74, 6) is -0.129. The number of carbonyl (C=O) groups is 1. The van der Waals surface area contributed by atoms with E-state index >= 15 is 0 Å². The van der Waals surface area contributed by atoms with Crippen molar-refractivity contribution >= 4 is 22.2 Å². The predicted octanol–water partition coefficient (Wildman–Crippen LogP) is 3.78. The zero-order valence-corrected chi connectivity index (χ0v) is 16.5. The number of piperazine rings is 1. The van der Waals surface area contributed by atoms with Gasteiger partial charge in [0, 0.05) is 45.7 Å². The van der Waals surface area contributed by atoms with Crippen LogP contribution in [0.4, 0.5) is 18.2 Å². The molecule has 1 aliphatic heterocycles. The van der Waals surface area contributed by atoms with Crippen molar-refractivity contribution < 1.29 is 18.0 Å². The summed E-state index contributed by atoms with van der Waals surface area (Å²) in [5, 5.41) is 14.1. The standard InChI is InChI=1S/C20H21F3N4OS/c21-20(22,23)17-3-1-2-15(12-17)14-27-9-7-26(8-10-27)6-4-18(28)25-19-16(13-24)5-11-29-19/h1-3,5,11-12H,4,6-10,14H2,(H,25,28). The lowest BCUT2D eigenvalue weighted by molar-refractivity contribution is -0.137. The molecule has 9 heteroatoms. The highest BCUT2D eigenvalue weighted by molar-refractivity contribution is 7.14. The van der Waals surface area contributed by atoms with Gasteiger partial charge in [0.1, 0.15) is 11.1 Å². The zero-order valence-electron chi connectivity index (χ0n) is 15.7. The highest BCUT2D eigenvalue weighted by Gasteiger charge is 2.30. The molecule has 0 spiro atoms. The second kappa shape index (κ2) is 9.39. The van der Waals surface area contributed by atoms with Gasteiger partial charge >= 0.3 is 6.18 Å². The second-order valence-corrected chi connectivity index (χ2v) is 7.81. The number of anilines is 1. The van der Waals surface area contributed by atoms with Gasteiger partial charge in [-0.05, 0) is 23.1 Å². The number of alkyl halides is 3. The molecule has 0 bridgehead atoms. The Morgan fingerprint density at radius 1 is 1.17 bits per heavy atom. The van der Waals surface area contributed by atoms with Crippen LogP contribution < -0.4 is 5.32 Å².